The van der Waals surface area contributed by atoms with Gasteiger partial charge in [0.05, 0.1) is 5.75 Å². The quantitative estimate of drug-likeness (QED) is 0.698. The third kappa shape index (κ3) is 5.50. The van der Waals surface area contributed by atoms with Crippen LogP contribution in [0.15, 0.2) is 0 Å². The molecule has 0 aromatic rings. The summed E-state index contributed by atoms with van der Waals surface area (Å²) in [6.07, 6.45) is 1.35. The molecule has 3 atom stereocenters. The second-order valence-electron chi connectivity index (χ2n) is 4.46. The van der Waals surface area contributed by atoms with Crippen LogP contribution >= 0.6 is 0 Å². The molecule has 0 rings (SSSR count). The van der Waals surface area contributed by atoms with Crippen LogP contribution in [0.3, 0.4) is 0 Å². The smallest absolute Gasteiger partial charge is 0.238 e. The zero-order valence-corrected chi connectivity index (χ0v) is 11.9. The molecule has 0 radical (unpaired) electrons. The number of sulfone groups is 1. The minimum absolute atomic E-state index is 0.0139. The lowest BCUT2D eigenvalue weighted by Gasteiger charge is -2.18. The van der Waals surface area contributed by atoms with Gasteiger partial charge in [-0.05, 0) is 26.7 Å². The first-order valence-corrected chi connectivity index (χ1v) is 7.73. The number of hydrogen-bond acceptors (Lipinski definition) is 4. The van der Waals surface area contributed by atoms with Gasteiger partial charge in [-0.15, -0.1) is 0 Å². The summed E-state index contributed by atoms with van der Waals surface area (Å²) in [4.78, 5) is 11.7. The van der Waals surface area contributed by atoms with Gasteiger partial charge in [-0.2, -0.15) is 0 Å². The van der Waals surface area contributed by atoms with Gasteiger partial charge in [0.25, 0.3) is 0 Å². The van der Waals surface area contributed by atoms with Crippen LogP contribution in [-0.2, 0) is 14.6 Å². The van der Waals surface area contributed by atoms with E-state index in [0.717, 1.165) is 6.42 Å². The molecule has 0 aliphatic rings. The van der Waals surface area contributed by atoms with Gasteiger partial charge in [-0.25, -0.2) is 8.42 Å². The predicted octanol–water partition coefficient (Wildman–Crippen LogP) is 0.442. The highest BCUT2D eigenvalue weighted by atomic mass is 32.2. The van der Waals surface area contributed by atoms with E-state index in [1.54, 1.807) is 0 Å². The summed E-state index contributed by atoms with van der Waals surface area (Å²) in [5, 5.41) is 1.63. The summed E-state index contributed by atoms with van der Waals surface area (Å²) in [6, 6.07) is -0.418. The molecule has 3 unspecified atom stereocenters. The summed E-state index contributed by atoms with van der Waals surface area (Å²) in [5.74, 6) is -0.582. The summed E-state index contributed by atoms with van der Waals surface area (Å²) in [6.45, 7) is 7.01. The number of carbonyl (C=O) groups excluding carboxylic acids is 1. The fourth-order valence-electron chi connectivity index (χ4n) is 1.19. The Morgan fingerprint density at radius 3 is 2.18 bits per heavy atom. The molecule has 0 saturated heterocycles. The molecule has 0 aromatic carbocycles. The molecule has 0 aromatic heterocycles. The Morgan fingerprint density at radius 2 is 1.76 bits per heavy atom. The van der Waals surface area contributed by atoms with Gasteiger partial charge < -0.3 is 11.1 Å². The van der Waals surface area contributed by atoms with Gasteiger partial charge >= 0.3 is 0 Å². The molecule has 5 nitrogen and oxygen atoms in total. The molecular formula is C11H24N2O3S. The standard InChI is InChI=1S/C11H24N2O3S/c1-5-8(3)13-11(14)9(4)17(15,16)7-10(12)6-2/h8-10H,5-7,12H2,1-4H3,(H,13,14). The average Bonchev–Trinajstić information content (AvgIpc) is 2.26. The Labute approximate surface area is 104 Å². The SMILES string of the molecule is CCC(N)CS(=O)(=O)C(C)C(=O)NC(C)CC. The molecule has 0 fully saturated rings. The van der Waals surface area contributed by atoms with Crippen molar-refractivity contribution in [2.75, 3.05) is 5.75 Å². The van der Waals surface area contributed by atoms with Crippen LogP contribution < -0.4 is 11.1 Å². The van der Waals surface area contributed by atoms with E-state index in [-0.39, 0.29) is 11.8 Å². The molecule has 0 bridgehead atoms. The molecule has 17 heavy (non-hydrogen) atoms. The van der Waals surface area contributed by atoms with Crippen molar-refractivity contribution in [3.63, 3.8) is 0 Å². The van der Waals surface area contributed by atoms with E-state index in [2.05, 4.69) is 5.32 Å². The predicted molar refractivity (Wildman–Crippen MR) is 69.4 cm³/mol. The average molecular weight is 264 g/mol. The van der Waals surface area contributed by atoms with E-state index in [9.17, 15) is 13.2 Å². The molecule has 102 valence electrons. The van der Waals surface area contributed by atoms with E-state index >= 15 is 0 Å². The molecule has 0 saturated carbocycles. The maximum atomic E-state index is 11.9. The van der Waals surface area contributed by atoms with E-state index in [1.807, 2.05) is 20.8 Å². The van der Waals surface area contributed by atoms with Gasteiger partial charge in [-0.3, -0.25) is 4.79 Å². The second-order valence-corrected chi connectivity index (χ2v) is 6.82. The first-order valence-electron chi connectivity index (χ1n) is 6.02. The van der Waals surface area contributed by atoms with Crippen molar-refractivity contribution in [2.45, 2.75) is 57.9 Å². The van der Waals surface area contributed by atoms with Crippen LogP contribution in [0, 0.1) is 0 Å². The summed E-state index contributed by atoms with van der Waals surface area (Å²) < 4.78 is 23.7. The lowest BCUT2D eigenvalue weighted by molar-refractivity contribution is -0.121. The number of amides is 1. The largest absolute Gasteiger partial charge is 0.353 e. The monoisotopic (exact) mass is 264 g/mol. The summed E-state index contributed by atoms with van der Waals surface area (Å²) in [5.41, 5.74) is 5.61. The molecule has 0 spiro atoms. The Bertz CT molecular complexity index is 341. The van der Waals surface area contributed by atoms with E-state index in [0.29, 0.717) is 6.42 Å². The van der Waals surface area contributed by atoms with Gasteiger partial charge in [-0.1, -0.05) is 13.8 Å². The van der Waals surface area contributed by atoms with Crippen molar-refractivity contribution in [1.82, 2.24) is 5.32 Å². The van der Waals surface area contributed by atoms with Crippen LogP contribution in [0.2, 0.25) is 0 Å². The Balaban J connectivity index is 4.57. The van der Waals surface area contributed by atoms with Crippen molar-refractivity contribution in [3.05, 3.63) is 0 Å². The minimum Gasteiger partial charge on any atom is -0.353 e. The van der Waals surface area contributed by atoms with E-state index in [1.165, 1.54) is 6.92 Å². The van der Waals surface area contributed by atoms with Crippen LogP contribution in [0.4, 0.5) is 0 Å². The zero-order valence-electron chi connectivity index (χ0n) is 11.1. The molecule has 6 heteroatoms. The third-order valence-electron chi connectivity index (χ3n) is 2.88. The highest BCUT2D eigenvalue weighted by Gasteiger charge is 2.29. The Morgan fingerprint density at radius 1 is 1.24 bits per heavy atom. The first kappa shape index (κ1) is 16.4. The molecule has 0 aliphatic carbocycles. The number of rotatable bonds is 7. The third-order valence-corrected chi connectivity index (χ3v) is 5.06. The minimum atomic E-state index is -3.46. The number of hydrogen-bond donors (Lipinski definition) is 2. The number of nitrogens with one attached hydrogen (secondary N) is 1. The van der Waals surface area contributed by atoms with Crippen molar-refractivity contribution in [3.8, 4) is 0 Å². The number of carbonyl (C=O) groups is 1. The second kappa shape index (κ2) is 6.96. The number of nitrogens with two attached hydrogens (primary N) is 1. The Hall–Kier alpha value is -0.620. The topological polar surface area (TPSA) is 89.3 Å². The summed E-state index contributed by atoms with van der Waals surface area (Å²) in [7, 11) is -3.46. The first-order chi connectivity index (χ1) is 7.74. The fraction of sp³-hybridized carbons (Fsp3) is 0.909. The maximum absolute atomic E-state index is 11.9. The van der Waals surface area contributed by atoms with Crippen molar-refractivity contribution in [1.29, 1.82) is 0 Å². The molecular weight excluding hydrogens is 240 g/mol. The van der Waals surface area contributed by atoms with Gasteiger partial charge in [0.1, 0.15) is 5.25 Å². The zero-order chi connectivity index (χ0) is 13.6. The fourth-order valence-corrected chi connectivity index (χ4v) is 2.70. The van der Waals surface area contributed by atoms with Crippen LogP contribution in [0.1, 0.15) is 40.5 Å². The van der Waals surface area contributed by atoms with Crippen LogP contribution in [0.25, 0.3) is 0 Å². The highest BCUT2D eigenvalue weighted by molar-refractivity contribution is 7.92. The lowest BCUT2D eigenvalue weighted by atomic mass is 10.2. The van der Waals surface area contributed by atoms with Crippen LogP contribution in [-0.4, -0.2) is 37.4 Å². The van der Waals surface area contributed by atoms with Gasteiger partial charge in [0, 0.05) is 12.1 Å². The van der Waals surface area contributed by atoms with Crippen molar-refractivity contribution >= 4 is 15.7 Å². The lowest BCUT2D eigenvalue weighted by Crippen LogP contribution is -2.44. The van der Waals surface area contributed by atoms with Crippen molar-refractivity contribution < 1.29 is 13.2 Å². The molecule has 0 heterocycles. The van der Waals surface area contributed by atoms with Crippen molar-refractivity contribution in [2.24, 2.45) is 5.73 Å². The summed E-state index contributed by atoms with van der Waals surface area (Å²) >= 11 is 0. The Kier molecular flexibility index (Phi) is 6.70. The molecule has 3 N–H and O–H groups in total. The van der Waals surface area contributed by atoms with Gasteiger partial charge in [0.15, 0.2) is 9.84 Å². The molecule has 0 aliphatic heterocycles. The van der Waals surface area contributed by atoms with E-state index in [4.69, 9.17) is 5.73 Å². The normalized spacial score (nSPS) is 17.2. The van der Waals surface area contributed by atoms with Gasteiger partial charge in [0.2, 0.25) is 5.91 Å². The molecule has 1 amide bonds. The van der Waals surface area contributed by atoms with E-state index < -0.39 is 27.0 Å². The highest BCUT2D eigenvalue weighted by Crippen LogP contribution is 2.06. The van der Waals surface area contributed by atoms with Crippen LogP contribution in [0.5, 0.6) is 0 Å². The maximum Gasteiger partial charge on any atom is 0.238 e.